The first-order chi connectivity index (χ1) is 10.0. The van der Waals surface area contributed by atoms with E-state index in [1.165, 1.54) is 12.8 Å². The van der Waals surface area contributed by atoms with Crippen LogP contribution in [0.5, 0.6) is 0 Å². The van der Waals surface area contributed by atoms with Gasteiger partial charge < -0.3 is 10.2 Å². The van der Waals surface area contributed by atoms with Crippen LogP contribution in [-0.4, -0.2) is 24.4 Å². The molecule has 1 saturated carbocycles. The van der Waals surface area contributed by atoms with E-state index in [-0.39, 0.29) is 30.2 Å². The minimum Gasteiger partial charge on any atom is -0.353 e. The molecule has 4 nitrogen and oxygen atoms in total. The second kappa shape index (κ2) is 5.68. The molecule has 1 aromatic rings. The van der Waals surface area contributed by atoms with Gasteiger partial charge in [0.2, 0.25) is 11.8 Å². The molecule has 2 unspecified atom stereocenters. The Kier molecular flexibility index (Phi) is 3.89. The summed E-state index contributed by atoms with van der Waals surface area (Å²) in [5.74, 6) is 0.364. The Morgan fingerprint density at radius 2 is 2.00 bits per heavy atom. The number of benzene rings is 1. The summed E-state index contributed by atoms with van der Waals surface area (Å²) < 4.78 is 0. The minimum absolute atomic E-state index is 0.000728. The average molecular weight is 307 g/mol. The average Bonchev–Trinajstić information content (AvgIpc) is 3.23. The first-order valence-corrected chi connectivity index (χ1v) is 7.78. The van der Waals surface area contributed by atoms with Crippen molar-refractivity contribution in [3.8, 4) is 0 Å². The molecule has 1 N–H and O–H groups in total. The van der Waals surface area contributed by atoms with Crippen LogP contribution < -0.4 is 10.2 Å². The molecule has 5 heteroatoms. The molecule has 1 aliphatic heterocycles. The molecular weight excluding hydrogens is 288 g/mol. The van der Waals surface area contributed by atoms with Crippen LogP contribution >= 0.6 is 11.6 Å². The van der Waals surface area contributed by atoms with Gasteiger partial charge in [-0.25, -0.2) is 0 Å². The second-order valence-corrected chi connectivity index (χ2v) is 6.45. The highest BCUT2D eigenvalue weighted by atomic mass is 35.5. The van der Waals surface area contributed by atoms with E-state index in [4.69, 9.17) is 11.6 Å². The standard InChI is InChI=1S/C16H19ClN2O2/c1-10(11-2-3-11)18-16(21)12-8-15(20)19(9-12)14-6-4-13(17)5-7-14/h4-7,10-12H,2-3,8-9H2,1H3,(H,18,21). The zero-order valence-electron chi connectivity index (χ0n) is 12.0. The summed E-state index contributed by atoms with van der Waals surface area (Å²) in [4.78, 5) is 26.0. The number of anilines is 1. The molecule has 1 saturated heterocycles. The first-order valence-electron chi connectivity index (χ1n) is 7.41. The monoisotopic (exact) mass is 306 g/mol. The number of amides is 2. The second-order valence-electron chi connectivity index (χ2n) is 6.02. The van der Waals surface area contributed by atoms with E-state index in [9.17, 15) is 9.59 Å². The summed E-state index contributed by atoms with van der Waals surface area (Å²) in [5, 5.41) is 3.68. The summed E-state index contributed by atoms with van der Waals surface area (Å²) in [6.07, 6.45) is 2.68. The van der Waals surface area contributed by atoms with E-state index in [0.717, 1.165) is 5.69 Å². The zero-order valence-corrected chi connectivity index (χ0v) is 12.8. The van der Waals surface area contributed by atoms with Crippen LogP contribution in [0.15, 0.2) is 24.3 Å². The lowest BCUT2D eigenvalue weighted by Gasteiger charge is -2.18. The molecule has 0 radical (unpaired) electrons. The lowest BCUT2D eigenvalue weighted by molar-refractivity contribution is -0.126. The number of nitrogens with one attached hydrogen (secondary N) is 1. The Morgan fingerprint density at radius 1 is 1.33 bits per heavy atom. The van der Waals surface area contributed by atoms with Crippen LogP contribution in [0.1, 0.15) is 26.2 Å². The van der Waals surface area contributed by atoms with E-state index >= 15 is 0 Å². The van der Waals surface area contributed by atoms with E-state index < -0.39 is 0 Å². The molecule has 3 rings (SSSR count). The van der Waals surface area contributed by atoms with Crippen LogP contribution in [0.25, 0.3) is 0 Å². The van der Waals surface area contributed by atoms with Crippen molar-refractivity contribution in [3.05, 3.63) is 29.3 Å². The number of nitrogens with zero attached hydrogens (tertiary/aromatic N) is 1. The fourth-order valence-corrected chi connectivity index (χ4v) is 2.94. The van der Waals surface area contributed by atoms with Crippen molar-refractivity contribution in [1.82, 2.24) is 5.32 Å². The van der Waals surface area contributed by atoms with Gasteiger partial charge >= 0.3 is 0 Å². The summed E-state index contributed by atoms with van der Waals surface area (Å²) in [6.45, 7) is 2.49. The predicted molar refractivity (Wildman–Crippen MR) is 82.2 cm³/mol. The van der Waals surface area contributed by atoms with Crippen molar-refractivity contribution in [2.75, 3.05) is 11.4 Å². The van der Waals surface area contributed by atoms with E-state index in [1.807, 2.05) is 19.1 Å². The van der Waals surface area contributed by atoms with E-state index in [2.05, 4.69) is 5.32 Å². The SMILES string of the molecule is CC(NC(=O)C1CC(=O)N(c2ccc(Cl)cc2)C1)C1CC1. The largest absolute Gasteiger partial charge is 0.353 e. The van der Waals surface area contributed by atoms with Gasteiger partial charge in [0.05, 0.1) is 5.92 Å². The van der Waals surface area contributed by atoms with Crippen LogP contribution in [-0.2, 0) is 9.59 Å². The number of hydrogen-bond donors (Lipinski definition) is 1. The molecule has 1 aliphatic carbocycles. The van der Waals surface area contributed by atoms with Crippen LogP contribution in [0.2, 0.25) is 5.02 Å². The van der Waals surface area contributed by atoms with Crippen molar-refractivity contribution < 1.29 is 9.59 Å². The number of carbonyl (C=O) groups excluding carboxylic acids is 2. The summed E-state index contributed by atoms with van der Waals surface area (Å²) in [7, 11) is 0. The lowest BCUT2D eigenvalue weighted by Crippen LogP contribution is -2.39. The Labute approximate surface area is 129 Å². The van der Waals surface area contributed by atoms with Gasteiger partial charge in [0, 0.05) is 29.7 Å². The fourth-order valence-electron chi connectivity index (χ4n) is 2.81. The molecular formula is C16H19ClN2O2. The van der Waals surface area contributed by atoms with Crippen molar-refractivity contribution in [2.45, 2.75) is 32.2 Å². The highest BCUT2D eigenvalue weighted by Gasteiger charge is 2.37. The normalized spacial score (nSPS) is 23.2. The summed E-state index contributed by atoms with van der Waals surface area (Å²) in [5.41, 5.74) is 0.801. The Hall–Kier alpha value is -1.55. The highest BCUT2D eigenvalue weighted by molar-refractivity contribution is 6.30. The summed E-state index contributed by atoms with van der Waals surface area (Å²) >= 11 is 5.86. The molecule has 0 spiro atoms. The van der Waals surface area contributed by atoms with Gasteiger partial charge in [-0.3, -0.25) is 9.59 Å². The van der Waals surface area contributed by atoms with E-state index in [0.29, 0.717) is 17.5 Å². The molecule has 2 aliphatic rings. The topological polar surface area (TPSA) is 49.4 Å². The minimum atomic E-state index is -0.255. The van der Waals surface area contributed by atoms with Crippen LogP contribution in [0, 0.1) is 11.8 Å². The van der Waals surface area contributed by atoms with Crippen LogP contribution in [0.3, 0.4) is 0 Å². The lowest BCUT2D eigenvalue weighted by atomic mass is 10.1. The van der Waals surface area contributed by atoms with Gasteiger partial charge in [0.1, 0.15) is 0 Å². The van der Waals surface area contributed by atoms with Gasteiger partial charge in [0.25, 0.3) is 0 Å². The summed E-state index contributed by atoms with van der Waals surface area (Å²) in [6, 6.07) is 7.36. The number of halogens is 1. The maximum Gasteiger partial charge on any atom is 0.227 e. The molecule has 21 heavy (non-hydrogen) atoms. The van der Waals surface area contributed by atoms with E-state index in [1.54, 1.807) is 17.0 Å². The molecule has 1 heterocycles. The molecule has 1 aromatic carbocycles. The Bertz CT molecular complexity index is 554. The third-order valence-corrected chi connectivity index (χ3v) is 4.59. The third-order valence-electron chi connectivity index (χ3n) is 4.33. The van der Waals surface area contributed by atoms with Gasteiger partial charge in [-0.1, -0.05) is 11.6 Å². The molecule has 2 amide bonds. The number of carbonyl (C=O) groups is 2. The van der Waals surface area contributed by atoms with Crippen molar-refractivity contribution >= 4 is 29.1 Å². The van der Waals surface area contributed by atoms with Gasteiger partial charge in [-0.15, -0.1) is 0 Å². The van der Waals surface area contributed by atoms with Gasteiger partial charge in [0.15, 0.2) is 0 Å². The fraction of sp³-hybridized carbons (Fsp3) is 0.500. The van der Waals surface area contributed by atoms with Gasteiger partial charge in [-0.05, 0) is 49.9 Å². The molecule has 112 valence electrons. The Balaban J connectivity index is 1.63. The predicted octanol–water partition coefficient (Wildman–Crippen LogP) is 2.61. The third kappa shape index (κ3) is 3.21. The number of rotatable bonds is 4. The molecule has 2 fully saturated rings. The first kappa shape index (κ1) is 14.4. The quantitative estimate of drug-likeness (QED) is 0.929. The van der Waals surface area contributed by atoms with Crippen LogP contribution in [0.4, 0.5) is 5.69 Å². The van der Waals surface area contributed by atoms with Crippen molar-refractivity contribution in [1.29, 1.82) is 0 Å². The Morgan fingerprint density at radius 3 is 2.62 bits per heavy atom. The highest BCUT2D eigenvalue weighted by Crippen LogP contribution is 2.33. The van der Waals surface area contributed by atoms with Crippen molar-refractivity contribution in [2.24, 2.45) is 11.8 Å². The van der Waals surface area contributed by atoms with Gasteiger partial charge in [-0.2, -0.15) is 0 Å². The maximum atomic E-state index is 12.3. The molecule has 2 atom stereocenters. The molecule has 0 aromatic heterocycles. The zero-order chi connectivity index (χ0) is 15.0. The maximum absolute atomic E-state index is 12.3. The van der Waals surface area contributed by atoms with Crippen molar-refractivity contribution in [3.63, 3.8) is 0 Å². The molecule has 0 bridgehead atoms. The number of hydrogen-bond acceptors (Lipinski definition) is 2. The smallest absolute Gasteiger partial charge is 0.227 e.